The maximum atomic E-state index is 12.2. The summed E-state index contributed by atoms with van der Waals surface area (Å²) in [6.07, 6.45) is 4.91. The largest absolute Gasteiger partial charge is 0.490 e. The smallest absolute Gasteiger partial charge is 0.410 e. The number of benzene rings is 1. The first-order chi connectivity index (χ1) is 12.3. The third kappa shape index (κ3) is 3.35. The SMILES string of the molecule is CC(C)(C)OC(=O)N1CC2(CCC(Oc3ccnc4ccccc34)C2)C1. The molecule has 1 aliphatic heterocycles. The monoisotopic (exact) mass is 354 g/mol. The predicted molar refractivity (Wildman–Crippen MR) is 100 cm³/mol. The van der Waals surface area contributed by atoms with Gasteiger partial charge in [-0.05, 0) is 58.2 Å². The number of nitrogens with zero attached hydrogens (tertiary/aromatic N) is 2. The van der Waals surface area contributed by atoms with Crippen LogP contribution in [0.3, 0.4) is 0 Å². The van der Waals surface area contributed by atoms with E-state index in [4.69, 9.17) is 9.47 Å². The van der Waals surface area contributed by atoms with Crippen LogP contribution in [0.25, 0.3) is 10.9 Å². The Bertz CT molecular complexity index is 816. The summed E-state index contributed by atoms with van der Waals surface area (Å²) in [6, 6.07) is 10.0. The summed E-state index contributed by atoms with van der Waals surface area (Å²) in [5.41, 5.74) is 0.714. The number of pyridine rings is 1. The van der Waals surface area contributed by atoms with Gasteiger partial charge in [0.1, 0.15) is 11.4 Å². The number of amides is 1. The van der Waals surface area contributed by atoms with Crippen molar-refractivity contribution in [3.63, 3.8) is 0 Å². The maximum absolute atomic E-state index is 12.2. The summed E-state index contributed by atoms with van der Waals surface area (Å²) in [6.45, 7) is 7.26. The van der Waals surface area contributed by atoms with Crippen molar-refractivity contribution in [2.24, 2.45) is 5.41 Å². The lowest BCUT2D eigenvalue weighted by molar-refractivity contribution is -0.0350. The summed E-state index contributed by atoms with van der Waals surface area (Å²) < 4.78 is 11.8. The van der Waals surface area contributed by atoms with Crippen molar-refractivity contribution in [1.29, 1.82) is 0 Å². The Morgan fingerprint density at radius 2 is 2.00 bits per heavy atom. The zero-order valence-corrected chi connectivity index (χ0v) is 15.7. The second-order valence-corrected chi connectivity index (χ2v) is 8.65. The lowest BCUT2D eigenvalue weighted by atomic mass is 9.78. The number of fused-ring (bicyclic) bond motifs is 1. The Morgan fingerprint density at radius 1 is 1.23 bits per heavy atom. The number of para-hydroxylation sites is 1. The summed E-state index contributed by atoms with van der Waals surface area (Å²) in [5, 5.41) is 1.06. The van der Waals surface area contributed by atoms with Crippen molar-refractivity contribution in [2.75, 3.05) is 13.1 Å². The number of carbonyl (C=O) groups excluding carboxylic acids is 1. The van der Waals surface area contributed by atoms with Crippen LogP contribution in [0.2, 0.25) is 0 Å². The molecule has 1 saturated carbocycles. The molecule has 1 spiro atoms. The number of hydrogen-bond donors (Lipinski definition) is 0. The molecule has 0 N–H and O–H groups in total. The molecule has 1 amide bonds. The summed E-state index contributed by atoms with van der Waals surface area (Å²) in [4.78, 5) is 18.4. The minimum atomic E-state index is -0.441. The predicted octanol–water partition coefficient (Wildman–Crippen LogP) is 4.40. The second kappa shape index (κ2) is 6.15. The lowest BCUT2D eigenvalue weighted by Gasteiger charge is -2.48. The third-order valence-electron chi connectivity index (χ3n) is 5.26. The van der Waals surface area contributed by atoms with E-state index in [2.05, 4.69) is 11.1 Å². The van der Waals surface area contributed by atoms with Crippen molar-refractivity contribution in [1.82, 2.24) is 9.88 Å². The second-order valence-electron chi connectivity index (χ2n) is 8.65. The molecule has 138 valence electrons. The van der Waals surface area contributed by atoms with Crippen LogP contribution in [0.15, 0.2) is 36.5 Å². The Hall–Kier alpha value is -2.30. The Labute approximate surface area is 154 Å². The lowest BCUT2D eigenvalue weighted by Crippen LogP contribution is -2.58. The van der Waals surface area contributed by atoms with Gasteiger partial charge in [0, 0.05) is 30.1 Å². The molecule has 1 aromatic heterocycles. The Morgan fingerprint density at radius 3 is 2.77 bits per heavy atom. The average Bonchev–Trinajstić information content (AvgIpc) is 2.96. The van der Waals surface area contributed by atoms with Crippen LogP contribution in [0.4, 0.5) is 4.79 Å². The number of hydrogen-bond acceptors (Lipinski definition) is 4. The summed E-state index contributed by atoms with van der Waals surface area (Å²) in [7, 11) is 0. The van der Waals surface area contributed by atoms with Crippen LogP contribution < -0.4 is 4.74 Å². The zero-order valence-electron chi connectivity index (χ0n) is 15.7. The topological polar surface area (TPSA) is 51.7 Å². The molecule has 26 heavy (non-hydrogen) atoms. The fraction of sp³-hybridized carbons (Fsp3) is 0.524. The van der Waals surface area contributed by atoms with Gasteiger partial charge in [-0.15, -0.1) is 0 Å². The molecule has 0 radical (unpaired) electrons. The Balaban J connectivity index is 1.37. The van der Waals surface area contributed by atoms with Crippen LogP contribution in [0.5, 0.6) is 5.75 Å². The molecule has 2 aliphatic rings. The van der Waals surface area contributed by atoms with Crippen LogP contribution in [0, 0.1) is 5.41 Å². The molecule has 4 rings (SSSR count). The highest BCUT2D eigenvalue weighted by Gasteiger charge is 2.51. The molecule has 2 aromatic rings. The van der Waals surface area contributed by atoms with E-state index in [1.165, 1.54) is 0 Å². The van der Waals surface area contributed by atoms with Gasteiger partial charge < -0.3 is 14.4 Å². The first-order valence-corrected chi connectivity index (χ1v) is 9.32. The van der Waals surface area contributed by atoms with E-state index in [0.717, 1.165) is 49.0 Å². The zero-order chi connectivity index (χ0) is 18.4. The van der Waals surface area contributed by atoms with Gasteiger partial charge in [0.25, 0.3) is 0 Å². The highest BCUT2D eigenvalue weighted by atomic mass is 16.6. The summed E-state index contributed by atoms with van der Waals surface area (Å²) in [5.74, 6) is 0.904. The fourth-order valence-electron chi connectivity index (χ4n) is 4.11. The number of likely N-dealkylation sites (tertiary alicyclic amines) is 1. The van der Waals surface area contributed by atoms with Crippen LogP contribution in [0.1, 0.15) is 40.0 Å². The van der Waals surface area contributed by atoms with Gasteiger partial charge in [-0.3, -0.25) is 4.98 Å². The van der Waals surface area contributed by atoms with Gasteiger partial charge in [0.05, 0.1) is 11.6 Å². The first-order valence-electron chi connectivity index (χ1n) is 9.32. The van der Waals surface area contributed by atoms with Gasteiger partial charge in [0.2, 0.25) is 0 Å². The highest BCUT2D eigenvalue weighted by molar-refractivity contribution is 5.84. The van der Waals surface area contributed by atoms with Crippen molar-refractivity contribution in [3.8, 4) is 5.75 Å². The third-order valence-corrected chi connectivity index (χ3v) is 5.26. The molecule has 1 saturated heterocycles. The number of rotatable bonds is 2. The molecule has 2 heterocycles. The quantitative estimate of drug-likeness (QED) is 0.802. The van der Waals surface area contributed by atoms with E-state index in [-0.39, 0.29) is 17.6 Å². The highest BCUT2D eigenvalue weighted by Crippen LogP contribution is 2.47. The molecule has 5 heteroatoms. The van der Waals surface area contributed by atoms with Crippen LogP contribution >= 0.6 is 0 Å². The number of carbonyl (C=O) groups is 1. The van der Waals surface area contributed by atoms with Crippen molar-refractivity contribution in [3.05, 3.63) is 36.5 Å². The first kappa shape index (κ1) is 17.1. The van der Waals surface area contributed by atoms with Crippen molar-refractivity contribution in [2.45, 2.75) is 51.7 Å². The minimum absolute atomic E-state index is 0.196. The molecule has 1 unspecified atom stereocenters. The van der Waals surface area contributed by atoms with E-state index >= 15 is 0 Å². The molecular weight excluding hydrogens is 328 g/mol. The van der Waals surface area contributed by atoms with Gasteiger partial charge >= 0.3 is 6.09 Å². The van der Waals surface area contributed by atoms with Gasteiger partial charge in [-0.25, -0.2) is 4.79 Å². The van der Waals surface area contributed by atoms with E-state index < -0.39 is 5.60 Å². The fourth-order valence-corrected chi connectivity index (χ4v) is 4.11. The molecule has 0 bridgehead atoms. The van der Waals surface area contributed by atoms with Crippen molar-refractivity contribution >= 4 is 17.0 Å². The number of aromatic nitrogens is 1. The van der Waals surface area contributed by atoms with Crippen LogP contribution in [-0.4, -0.2) is 40.8 Å². The van der Waals surface area contributed by atoms with E-state index in [0.29, 0.717) is 0 Å². The normalized spacial score (nSPS) is 21.7. The van der Waals surface area contributed by atoms with Gasteiger partial charge in [-0.1, -0.05) is 12.1 Å². The molecule has 1 aliphatic carbocycles. The van der Waals surface area contributed by atoms with E-state index in [1.807, 2.05) is 49.9 Å². The van der Waals surface area contributed by atoms with Crippen LogP contribution in [-0.2, 0) is 4.74 Å². The van der Waals surface area contributed by atoms with Gasteiger partial charge in [0.15, 0.2) is 0 Å². The van der Waals surface area contributed by atoms with Gasteiger partial charge in [-0.2, -0.15) is 0 Å². The molecule has 2 fully saturated rings. The van der Waals surface area contributed by atoms with E-state index in [9.17, 15) is 4.79 Å². The minimum Gasteiger partial charge on any atom is -0.490 e. The average molecular weight is 354 g/mol. The maximum Gasteiger partial charge on any atom is 0.410 e. The number of ether oxygens (including phenoxy) is 2. The summed E-state index contributed by atoms with van der Waals surface area (Å²) >= 11 is 0. The Kier molecular flexibility index (Phi) is 4.05. The molecular formula is C21H26N2O3. The molecule has 5 nitrogen and oxygen atoms in total. The molecule has 1 aromatic carbocycles. The van der Waals surface area contributed by atoms with E-state index in [1.54, 1.807) is 6.20 Å². The standard InChI is InChI=1S/C21H26N2O3/c1-20(2,3)26-19(24)23-13-21(14-23)10-8-15(12-21)25-18-9-11-22-17-7-5-4-6-16(17)18/h4-7,9,11,15H,8,10,12-14H2,1-3H3. The molecule has 1 atom stereocenters. The van der Waals surface area contributed by atoms with Crippen molar-refractivity contribution < 1.29 is 14.3 Å².